The van der Waals surface area contributed by atoms with Gasteiger partial charge in [-0.25, -0.2) is 4.98 Å². The van der Waals surface area contributed by atoms with Gasteiger partial charge in [-0.15, -0.1) is 0 Å². The summed E-state index contributed by atoms with van der Waals surface area (Å²) >= 11 is 8.28. The number of ether oxygens (including phenoxy) is 1. The molecular formula is C13H14ClIN2O2. The summed E-state index contributed by atoms with van der Waals surface area (Å²) in [5.74, 6) is 1.38. The summed E-state index contributed by atoms with van der Waals surface area (Å²) in [7, 11) is 1.67. The number of oxazole rings is 1. The highest BCUT2D eigenvalue weighted by Gasteiger charge is 2.07. The van der Waals surface area contributed by atoms with Crippen molar-refractivity contribution in [3.05, 3.63) is 38.9 Å². The number of aromatic nitrogens is 1. The topological polar surface area (TPSA) is 47.3 Å². The first-order valence-electron chi connectivity index (χ1n) is 5.80. The van der Waals surface area contributed by atoms with E-state index in [0.29, 0.717) is 24.1 Å². The number of nitrogens with one attached hydrogen (secondary N) is 1. The number of rotatable bonds is 6. The van der Waals surface area contributed by atoms with Crippen molar-refractivity contribution < 1.29 is 9.15 Å². The Balaban J connectivity index is 2.01. The number of methoxy groups -OCH3 is 1. The van der Waals surface area contributed by atoms with Gasteiger partial charge in [0.25, 0.3) is 0 Å². The Hall–Kier alpha value is -0.630. The first kappa shape index (κ1) is 14.8. The Morgan fingerprint density at radius 1 is 1.47 bits per heavy atom. The van der Waals surface area contributed by atoms with Crippen LogP contribution in [-0.4, -0.2) is 25.2 Å². The van der Waals surface area contributed by atoms with Crippen LogP contribution < -0.4 is 5.32 Å². The molecule has 0 bridgehead atoms. The van der Waals surface area contributed by atoms with Gasteiger partial charge < -0.3 is 14.5 Å². The van der Waals surface area contributed by atoms with Crippen LogP contribution in [0.1, 0.15) is 5.89 Å². The van der Waals surface area contributed by atoms with E-state index >= 15 is 0 Å². The van der Waals surface area contributed by atoms with E-state index in [0.717, 1.165) is 21.4 Å². The summed E-state index contributed by atoms with van der Waals surface area (Å²) in [4.78, 5) is 4.23. The molecule has 0 spiro atoms. The average Bonchev–Trinajstić information content (AvgIpc) is 2.87. The van der Waals surface area contributed by atoms with Crippen molar-refractivity contribution in [2.24, 2.45) is 0 Å². The molecule has 6 heteroatoms. The summed E-state index contributed by atoms with van der Waals surface area (Å²) in [6.07, 6.45) is 1.71. The summed E-state index contributed by atoms with van der Waals surface area (Å²) in [5.41, 5.74) is 0.932. The van der Waals surface area contributed by atoms with Crippen LogP contribution in [0.5, 0.6) is 0 Å². The van der Waals surface area contributed by atoms with Gasteiger partial charge in [0.15, 0.2) is 5.76 Å². The van der Waals surface area contributed by atoms with E-state index in [1.165, 1.54) is 0 Å². The first-order valence-corrected chi connectivity index (χ1v) is 7.26. The minimum absolute atomic E-state index is 0.585. The predicted octanol–water partition coefficient (Wildman–Crippen LogP) is 3.34. The SMILES string of the molecule is COCCNCc1ncc(-c2ccc(I)c(Cl)c2)o1. The van der Waals surface area contributed by atoms with Crippen molar-refractivity contribution in [1.29, 1.82) is 0 Å². The van der Waals surface area contributed by atoms with Gasteiger partial charge >= 0.3 is 0 Å². The third-order valence-corrected chi connectivity index (χ3v) is 4.09. The maximum absolute atomic E-state index is 6.09. The van der Waals surface area contributed by atoms with Crippen molar-refractivity contribution in [1.82, 2.24) is 10.3 Å². The highest BCUT2D eigenvalue weighted by Crippen LogP contribution is 2.26. The molecule has 102 valence electrons. The molecule has 0 fully saturated rings. The number of benzene rings is 1. The lowest BCUT2D eigenvalue weighted by molar-refractivity contribution is 0.198. The molecule has 0 saturated carbocycles. The van der Waals surface area contributed by atoms with Crippen molar-refractivity contribution in [3.8, 4) is 11.3 Å². The molecule has 0 aliphatic carbocycles. The molecule has 0 unspecified atom stereocenters. The minimum atomic E-state index is 0.585. The molecule has 0 aliphatic heterocycles. The molecule has 4 nitrogen and oxygen atoms in total. The van der Waals surface area contributed by atoms with Crippen molar-refractivity contribution in [2.45, 2.75) is 6.54 Å². The van der Waals surface area contributed by atoms with Gasteiger partial charge in [0.1, 0.15) is 0 Å². The van der Waals surface area contributed by atoms with E-state index in [1.807, 2.05) is 18.2 Å². The Kier molecular flexibility index (Phi) is 5.62. The zero-order valence-corrected chi connectivity index (χ0v) is 13.4. The molecule has 0 atom stereocenters. The smallest absolute Gasteiger partial charge is 0.208 e. The molecule has 1 aromatic carbocycles. The quantitative estimate of drug-likeness (QED) is 0.605. The number of hydrogen-bond acceptors (Lipinski definition) is 4. The van der Waals surface area contributed by atoms with E-state index in [2.05, 4.69) is 32.9 Å². The van der Waals surface area contributed by atoms with Gasteiger partial charge in [0, 0.05) is 22.8 Å². The van der Waals surface area contributed by atoms with Crippen molar-refractivity contribution in [2.75, 3.05) is 20.3 Å². The van der Waals surface area contributed by atoms with Crippen molar-refractivity contribution >= 4 is 34.2 Å². The molecular weight excluding hydrogens is 379 g/mol. The third-order valence-electron chi connectivity index (χ3n) is 2.52. The number of nitrogens with zero attached hydrogens (tertiary/aromatic N) is 1. The van der Waals surface area contributed by atoms with Crippen LogP contribution in [0.15, 0.2) is 28.8 Å². The predicted molar refractivity (Wildman–Crippen MR) is 83.2 cm³/mol. The fourth-order valence-corrected chi connectivity index (χ4v) is 2.06. The Labute approximate surface area is 130 Å². The van der Waals surface area contributed by atoms with Crippen LogP contribution >= 0.6 is 34.2 Å². The molecule has 0 radical (unpaired) electrons. The molecule has 0 amide bonds. The first-order chi connectivity index (χ1) is 9.20. The normalized spacial score (nSPS) is 10.9. The van der Waals surface area contributed by atoms with Gasteiger partial charge in [-0.2, -0.15) is 0 Å². The van der Waals surface area contributed by atoms with Crippen LogP contribution in [0.3, 0.4) is 0 Å². The fourth-order valence-electron chi connectivity index (χ4n) is 1.54. The molecule has 1 aromatic heterocycles. The number of hydrogen-bond donors (Lipinski definition) is 1. The van der Waals surface area contributed by atoms with Gasteiger partial charge in [-0.1, -0.05) is 17.7 Å². The van der Waals surface area contributed by atoms with Gasteiger partial charge in [-0.05, 0) is 34.7 Å². The van der Waals surface area contributed by atoms with E-state index in [1.54, 1.807) is 13.3 Å². The third kappa shape index (κ3) is 4.17. The molecule has 0 saturated heterocycles. The molecule has 1 heterocycles. The summed E-state index contributed by atoms with van der Waals surface area (Å²) in [5, 5.41) is 3.90. The summed E-state index contributed by atoms with van der Waals surface area (Å²) < 4.78 is 11.6. The van der Waals surface area contributed by atoms with Crippen molar-refractivity contribution in [3.63, 3.8) is 0 Å². The fraction of sp³-hybridized carbons (Fsp3) is 0.308. The van der Waals surface area contributed by atoms with Gasteiger partial charge in [-0.3, -0.25) is 0 Å². The van der Waals surface area contributed by atoms with E-state index < -0.39 is 0 Å². The van der Waals surface area contributed by atoms with Gasteiger partial charge in [0.2, 0.25) is 5.89 Å². The molecule has 19 heavy (non-hydrogen) atoms. The summed E-state index contributed by atoms with van der Waals surface area (Å²) in [6.45, 7) is 2.02. The molecule has 1 N–H and O–H groups in total. The maximum Gasteiger partial charge on any atom is 0.208 e. The zero-order valence-electron chi connectivity index (χ0n) is 10.5. The van der Waals surface area contributed by atoms with Crippen LogP contribution in [0.2, 0.25) is 5.02 Å². The van der Waals surface area contributed by atoms with Gasteiger partial charge in [0.05, 0.1) is 24.4 Å². The lowest BCUT2D eigenvalue weighted by atomic mass is 10.2. The summed E-state index contributed by atoms with van der Waals surface area (Å²) in [6, 6.07) is 5.81. The average molecular weight is 393 g/mol. The van der Waals surface area contributed by atoms with Crippen LogP contribution in [-0.2, 0) is 11.3 Å². The highest BCUT2D eigenvalue weighted by molar-refractivity contribution is 14.1. The standard InChI is InChI=1S/C13H14ClIN2O2/c1-18-5-4-16-8-13-17-7-12(19-13)9-2-3-11(15)10(14)6-9/h2-3,6-7,16H,4-5,8H2,1H3. The zero-order chi connectivity index (χ0) is 13.7. The van der Waals surface area contributed by atoms with E-state index in [-0.39, 0.29) is 0 Å². The van der Waals surface area contributed by atoms with Crippen LogP contribution in [0.4, 0.5) is 0 Å². The lowest BCUT2D eigenvalue weighted by Crippen LogP contribution is -2.18. The van der Waals surface area contributed by atoms with E-state index in [9.17, 15) is 0 Å². The van der Waals surface area contributed by atoms with Crippen LogP contribution in [0.25, 0.3) is 11.3 Å². The Morgan fingerprint density at radius 2 is 2.32 bits per heavy atom. The second kappa shape index (κ2) is 7.23. The Bertz CT molecular complexity index is 545. The minimum Gasteiger partial charge on any atom is -0.439 e. The second-order valence-electron chi connectivity index (χ2n) is 3.92. The van der Waals surface area contributed by atoms with Crippen LogP contribution in [0, 0.1) is 3.57 Å². The molecule has 2 rings (SSSR count). The second-order valence-corrected chi connectivity index (χ2v) is 5.49. The largest absolute Gasteiger partial charge is 0.439 e. The Morgan fingerprint density at radius 3 is 3.05 bits per heavy atom. The lowest BCUT2D eigenvalue weighted by Gasteiger charge is -2.01. The van der Waals surface area contributed by atoms with E-state index in [4.69, 9.17) is 20.8 Å². The monoisotopic (exact) mass is 392 g/mol. The highest BCUT2D eigenvalue weighted by atomic mass is 127. The maximum atomic E-state index is 6.09. The molecule has 2 aromatic rings. The number of halogens is 2. The molecule has 0 aliphatic rings.